The number of halogens is 1. The highest BCUT2D eigenvalue weighted by Crippen LogP contribution is 2.23. The maximum absolute atomic E-state index is 12.4. The summed E-state index contributed by atoms with van der Waals surface area (Å²) < 4.78 is 0.883. The zero-order chi connectivity index (χ0) is 15.5. The van der Waals surface area contributed by atoms with Gasteiger partial charge < -0.3 is 10.6 Å². The number of hydrogen-bond acceptors (Lipinski definition) is 2. The first-order chi connectivity index (χ1) is 9.89. The van der Waals surface area contributed by atoms with Crippen molar-refractivity contribution < 1.29 is 9.59 Å². The third kappa shape index (κ3) is 4.06. The lowest BCUT2D eigenvalue weighted by molar-refractivity contribution is -0.138. The molecule has 0 saturated heterocycles. The van der Waals surface area contributed by atoms with Crippen LogP contribution >= 0.6 is 15.9 Å². The Kier molecular flexibility index (Phi) is 5.04. The third-order valence-electron chi connectivity index (χ3n) is 3.91. The first-order valence-electron chi connectivity index (χ1n) is 7.27. The van der Waals surface area contributed by atoms with E-state index < -0.39 is 5.41 Å². The van der Waals surface area contributed by atoms with Gasteiger partial charge in [0.25, 0.3) is 0 Å². The average Bonchev–Trinajstić information content (AvgIpc) is 2.91. The quantitative estimate of drug-likeness (QED) is 0.815. The maximum atomic E-state index is 12.4. The molecule has 1 saturated carbocycles. The minimum absolute atomic E-state index is 0.207. The number of hydrogen-bond donors (Lipinski definition) is 2. The summed E-state index contributed by atoms with van der Waals surface area (Å²) in [5.41, 5.74) is -0.415. The highest BCUT2D eigenvalue weighted by molar-refractivity contribution is 9.10. The molecule has 4 nitrogen and oxygen atoms in total. The number of rotatable bonds is 4. The molecular weight excluding hydrogens is 332 g/mol. The van der Waals surface area contributed by atoms with Crippen molar-refractivity contribution in [1.29, 1.82) is 0 Å². The number of nitrogens with one attached hydrogen (secondary N) is 2. The second-order valence-electron chi connectivity index (χ2n) is 6.04. The molecule has 21 heavy (non-hydrogen) atoms. The van der Waals surface area contributed by atoms with Gasteiger partial charge in [-0.05, 0) is 44.9 Å². The molecule has 1 aliphatic rings. The van der Waals surface area contributed by atoms with E-state index in [4.69, 9.17) is 0 Å². The SMILES string of the molecule is CC(C)(C(=O)Nc1cccc(Br)c1)C(=O)NC1CCCC1. The fourth-order valence-electron chi connectivity index (χ4n) is 2.39. The Balaban J connectivity index is 2.00. The topological polar surface area (TPSA) is 58.2 Å². The van der Waals surface area contributed by atoms with E-state index in [9.17, 15) is 9.59 Å². The first-order valence-corrected chi connectivity index (χ1v) is 8.07. The molecule has 2 amide bonds. The van der Waals surface area contributed by atoms with Crippen LogP contribution in [0.15, 0.2) is 28.7 Å². The smallest absolute Gasteiger partial charge is 0.239 e. The fraction of sp³-hybridized carbons (Fsp3) is 0.500. The van der Waals surface area contributed by atoms with Crippen molar-refractivity contribution in [2.45, 2.75) is 45.6 Å². The minimum atomic E-state index is -1.09. The van der Waals surface area contributed by atoms with Crippen molar-refractivity contribution in [1.82, 2.24) is 5.32 Å². The van der Waals surface area contributed by atoms with Gasteiger partial charge >= 0.3 is 0 Å². The highest BCUT2D eigenvalue weighted by atomic mass is 79.9. The van der Waals surface area contributed by atoms with Crippen LogP contribution < -0.4 is 10.6 Å². The summed E-state index contributed by atoms with van der Waals surface area (Å²) >= 11 is 3.36. The van der Waals surface area contributed by atoms with Crippen LogP contribution in [0.1, 0.15) is 39.5 Å². The van der Waals surface area contributed by atoms with Crippen molar-refractivity contribution in [2.75, 3.05) is 5.32 Å². The van der Waals surface area contributed by atoms with Gasteiger partial charge in [0.05, 0.1) is 0 Å². The molecule has 1 aromatic rings. The van der Waals surface area contributed by atoms with Gasteiger partial charge in [0.15, 0.2) is 0 Å². The Hall–Kier alpha value is -1.36. The number of amides is 2. The zero-order valence-electron chi connectivity index (χ0n) is 12.4. The first kappa shape index (κ1) is 16.0. The summed E-state index contributed by atoms with van der Waals surface area (Å²) in [7, 11) is 0. The second-order valence-corrected chi connectivity index (χ2v) is 6.96. The lowest BCUT2D eigenvalue weighted by Gasteiger charge is -2.25. The van der Waals surface area contributed by atoms with Crippen LogP contribution in [-0.4, -0.2) is 17.9 Å². The molecule has 0 atom stereocenters. The van der Waals surface area contributed by atoms with Crippen LogP contribution in [0.2, 0.25) is 0 Å². The lowest BCUT2D eigenvalue weighted by atomic mass is 9.90. The van der Waals surface area contributed by atoms with Gasteiger partial charge in [-0.15, -0.1) is 0 Å². The predicted molar refractivity (Wildman–Crippen MR) is 87.0 cm³/mol. The monoisotopic (exact) mass is 352 g/mol. The second kappa shape index (κ2) is 6.60. The van der Waals surface area contributed by atoms with E-state index in [-0.39, 0.29) is 17.9 Å². The van der Waals surface area contributed by atoms with E-state index in [0.29, 0.717) is 5.69 Å². The standard InChI is InChI=1S/C16H21BrN2O2/c1-16(2,14(20)18-12-7-3-4-8-12)15(21)19-13-9-5-6-11(17)10-13/h5-6,9-10,12H,3-4,7-8H2,1-2H3,(H,18,20)(H,19,21). The number of benzene rings is 1. The van der Waals surface area contributed by atoms with Crippen molar-refractivity contribution in [3.63, 3.8) is 0 Å². The van der Waals surface area contributed by atoms with Crippen LogP contribution in [0.3, 0.4) is 0 Å². The van der Waals surface area contributed by atoms with Crippen LogP contribution in [0, 0.1) is 5.41 Å². The fourth-order valence-corrected chi connectivity index (χ4v) is 2.79. The van der Waals surface area contributed by atoms with Gasteiger partial charge in [-0.2, -0.15) is 0 Å². The Labute approximate surface area is 133 Å². The van der Waals surface area contributed by atoms with Crippen molar-refractivity contribution in [2.24, 2.45) is 5.41 Å². The number of anilines is 1. The molecule has 0 spiro atoms. The number of carbonyl (C=O) groups excluding carboxylic acids is 2. The third-order valence-corrected chi connectivity index (χ3v) is 4.40. The zero-order valence-corrected chi connectivity index (χ0v) is 14.0. The maximum Gasteiger partial charge on any atom is 0.239 e. The molecule has 0 bridgehead atoms. The average molecular weight is 353 g/mol. The van der Waals surface area contributed by atoms with Crippen LogP contribution in [0.25, 0.3) is 0 Å². The van der Waals surface area contributed by atoms with Crippen LogP contribution in [-0.2, 0) is 9.59 Å². The molecule has 1 aliphatic carbocycles. The van der Waals surface area contributed by atoms with Gasteiger partial charge in [-0.25, -0.2) is 0 Å². The van der Waals surface area contributed by atoms with Gasteiger partial charge in [0.1, 0.15) is 5.41 Å². The minimum Gasteiger partial charge on any atom is -0.352 e. The molecule has 0 heterocycles. The molecular formula is C16H21BrN2O2. The van der Waals surface area contributed by atoms with Gasteiger partial charge in [-0.3, -0.25) is 9.59 Å². The van der Waals surface area contributed by atoms with Gasteiger partial charge in [0.2, 0.25) is 11.8 Å². The van der Waals surface area contributed by atoms with E-state index >= 15 is 0 Å². The number of carbonyl (C=O) groups is 2. The largest absolute Gasteiger partial charge is 0.352 e. The molecule has 0 unspecified atom stereocenters. The van der Waals surface area contributed by atoms with E-state index in [0.717, 1.165) is 30.2 Å². The Morgan fingerprint density at radius 2 is 1.86 bits per heavy atom. The normalized spacial score (nSPS) is 15.8. The summed E-state index contributed by atoms with van der Waals surface area (Å²) in [6, 6.07) is 7.55. The molecule has 1 aromatic carbocycles. The molecule has 2 rings (SSSR count). The highest BCUT2D eigenvalue weighted by Gasteiger charge is 2.37. The summed E-state index contributed by atoms with van der Waals surface area (Å²) in [6.07, 6.45) is 4.31. The summed E-state index contributed by atoms with van der Waals surface area (Å²) in [5, 5.41) is 5.79. The van der Waals surface area contributed by atoms with E-state index in [1.165, 1.54) is 0 Å². The Bertz CT molecular complexity index is 537. The molecule has 0 aliphatic heterocycles. The molecule has 5 heteroatoms. The summed E-state index contributed by atoms with van der Waals surface area (Å²) in [6.45, 7) is 3.31. The van der Waals surface area contributed by atoms with Crippen LogP contribution in [0.4, 0.5) is 5.69 Å². The van der Waals surface area contributed by atoms with Crippen molar-refractivity contribution >= 4 is 33.4 Å². The Morgan fingerprint density at radius 3 is 2.48 bits per heavy atom. The van der Waals surface area contributed by atoms with E-state index in [1.54, 1.807) is 19.9 Å². The molecule has 0 aromatic heterocycles. The van der Waals surface area contributed by atoms with Crippen molar-refractivity contribution in [3.8, 4) is 0 Å². The van der Waals surface area contributed by atoms with Crippen molar-refractivity contribution in [3.05, 3.63) is 28.7 Å². The molecule has 114 valence electrons. The van der Waals surface area contributed by atoms with Gasteiger partial charge in [-0.1, -0.05) is 34.8 Å². The molecule has 0 radical (unpaired) electrons. The predicted octanol–water partition coefficient (Wildman–Crippen LogP) is 3.47. The van der Waals surface area contributed by atoms with Crippen LogP contribution in [0.5, 0.6) is 0 Å². The summed E-state index contributed by atoms with van der Waals surface area (Å²) in [5.74, 6) is -0.502. The molecule has 2 N–H and O–H groups in total. The lowest BCUT2D eigenvalue weighted by Crippen LogP contribution is -2.47. The van der Waals surface area contributed by atoms with E-state index in [1.807, 2.05) is 18.2 Å². The van der Waals surface area contributed by atoms with E-state index in [2.05, 4.69) is 26.6 Å². The Morgan fingerprint density at radius 1 is 1.19 bits per heavy atom. The summed E-state index contributed by atoms with van der Waals surface area (Å²) in [4.78, 5) is 24.7. The molecule has 1 fully saturated rings. The van der Waals surface area contributed by atoms with Gasteiger partial charge in [0, 0.05) is 16.2 Å².